The highest BCUT2D eigenvalue weighted by Gasteiger charge is 2.20. The Hall–Kier alpha value is -2.61. The van der Waals surface area contributed by atoms with Crippen LogP contribution in [0.4, 0.5) is 0 Å². The van der Waals surface area contributed by atoms with Gasteiger partial charge in [0.25, 0.3) is 0 Å². The third-order valence-corrected chi connectivity index (χ3v) is 4.92. The van der Waals surface area contributed by atoms with E-state index < -0.39 is 0 Å². The molecule has 0 radical (unpaired) electrons. The van der Waals surface area contributed by atoms with Gasteiger partial charge in [0.2, 0.25) is 0 Å². The lowest BCUT2D eigenvalue weighted by Gasteiger charge is -2.11. The smallest absolute Gasteiger partial charge is 0.0775 e. The van der Waals surface area contributed by atoms with Gasteiger partial charge in [0.15, 0.2) is 0 Å². The largest absolute Gasteiger partial charge is 0.233 e. The van der Waals surface area contributed by atoms with Crippen molar-refractivity contribution >= 4 is 5.70 Å². The Balaban J connectivity index is 2.16. The predicted molar refractivity (Wildman–Crippen MR) is 112 cm³/mol. The molecule has 3 rings (SSSR count). The first-order valence-corrected chi connectivity index (χ1v) is 9.63. The van der Waals surface area contributed by atoms with Crippen LogP contribution in [0.1, 0.15) is 43.4 Å². The Morgan fingerprint density at radius 3 is 2.38 bits per heavy atom. The number of allylic oxidation sites excluding steroid dienone is 6. The van der Waals surface area contributed by atoms with Crippen molar-refractivity contribution in [2.75, 3.05) is 0 Å². The van der Waals surface area contributed by atoms with E-state index in [0.29, 0.717) is 0 Å². The van der Waals surface area contributed by atoms with Crippen LogP contribution in [0, 0.1) is 0 Å². The summed E-state index contributed by atoms with van der Waals surface area (Å²) >= 11 is 0. The summed E-state index contributed by atoms with van der Waals surface area (Å²) in [5.74, 6) is 0. The predicted octanol–water partition coefficient (Wildman–Crippen LogP) is 6.37. The van der Waals surface area contributed by atoms with Gasteiger partial charge in [-0.15, -0.1) is 0 Å². The van der Waals surface area contributed by atoms with Crippen molar-refractivity contribution in [2.24, 2.45) is 0 Å². The van der Waals surface area contributed by atoms with Crippen LogP contribution in [-0.4, -0.2) is 9.78 Å². The third kappa shape index (κ3) is 4.13. The van der Waals surface area contributed by atoms with E-state index in [9.17, 15) is 0 Å². The second-order valence-corrected chi connectivity index (χ2v) is 6.74. The average molecular weight is 345 g/mol. The first-order valence-electron chi connectivity index (χ1n) is 9.63. The Kier molecular flexibility index (Phi) is 6.43. The Morgan fingerprint density at radius 2 is 1.65 bits per heavy atom. The molecular formula is C24H28N2. The Morgan fingerprint density at radius 1 is 0.923 bits per heavy atom. The third-order valence-electron chi connectivity index (χ3n) is 4.92. The summed E-state index contributed by atoms with van der Waals surface area (Å²) < 4.78 is 2.09. The Labute approximate surface area is 157 Å². The van der Waals surface area contributed by atoms with Crippen molar-refractivity contribution in [1.29, 1.82) is 0 Å². The number of nitrogens with zero attached hydrogens (tertiary/aromatic N) is 2. The lowest BCUT2D eigenvalue weighted by molar-refractivity contribution is 0.624. The molecule has 0 atom stereocenters. The van der Waals surface area contributed by atoms with Crippen molar-refractivity contribution < 1.29 is 0 Å². The lowest BCUT2D eigenvalue weighted by atomic mass is 9.99. The maximum absolute atomic E-state index is 5.04. The summed E-state index contributed by atoms with van der Waals surface area (Å²) in [6, 6.07) is 10.6. The van der Waals surface area contributed by atoms with Crippen molar-refractivity contribution in [1.82, 2.24) is 9.78 Å². The van der Waals surface area contributed by atoms with Gasteiger partial charge in [0, 0.05) is 11.1 Å². The van der Waals surface area contributed by atoms with Crippen molar-refractivity contribution in [3.05, 3.63) is 85.1 Å². The highest BCUT2D eigenvalue weighted by molar-refractivity contribution is 5.72. The molecule has 1 aromatic carbocycles. The molecule has 2 nitrogen and oxygen atoms in total. The van der Waals surface area contributed by atoms with Crippen LogP contribution in [0.5, 0.6) is 0 Å². The fraction of sp³-hybridized carbons (Fsp3) is 0.292. The molecule has 0 amide bonds. The fourth-order valence-electron chi connectivity index (χ4n) is 3.62. The average Bonchev–Trinajstić information content (AvgIpc) is 3.07. The van der Waals surface area contributed by atoms with E-state index in [0.717, 1.165) is 18.5 Å². The van der Waals surface area contributed by atoms with E-state index in [1.165, 1.54) is 54.6 Å². The molecule has 26 heavy (non-hydrogen) atoms. The molecule has 0 fully saturated rings. The first-order chi connectivity index (χ1) is 12.8. The molecule has 0 aliphatic heterocycles. The maximum Gasteiger partial charge on any atom is 0.0775 e. The van der Waals surface area contributed by atoms with E-state index in [1.54, 1.807) is 6.08 Å². The number of aryl methyl sites for hydroxylation is 1. The number of hydrogen-bond donors (Lipinski definition) is 0. The van der Waals surface area contributed by atoms with Crippen LogP contribution in [0.15, 0.2) is 73.9 Å². The normalized spacial score (nSPS) is 15.8. The lowest BCUT2D eigenvalue weighted by Crippen LogP contribution is -2.01. The minimum Gasteiger partial charge on any atom is -0.233 e. The number of benzene rings is 1. The molecule has 2 heteroatoms. The van der Waals surface area contributed by atoms with Gasteiger partial charge in [-0.3, -0.25) is 0 Å². The summed E-state index contributed by atoms with van der Waals surface area (Å²) in [6.07, 6.45) is 18.2. The highest BCUT2D eigenvalue weighted by atomic mass is 15.3. The molecular weight excluding hydrogens is 316 g/mol. The zero-order valence-electron chi connectivity index (χ0n) is 15.5. The summed E-state index contributed by atoms with van der Waals surface area (Å²) in [6.45, 7) is 7.76. The van der Waals surface area contributed by atoms with Gasteiger partial charge in [0.1, 0.15) is 0 Å². The van der Waals surface area contributed by atoms with E-state index in [2.05, 4.69) is 48.2 Å². The number of fused-ring (bicyclic) bond motifs is 1. The zero-order valence-corrected chi connectivity index (χ0v) is 15.5. The molecule has 1 heterocycles. The number of rotatable bonds is 5. The Bertz CT molecular complexity index is 806. The van der Waals surface area contributed by atoms with Crippen LogP contribution < -0.4 is 0 Å². The van der Waals surface area contributed by atoms with Gasteiger partial charge in [-0.1, -0.05) is 81.0 Å². The van der Waals surface area contributed by atoms with Crippen molar-refractivity contribution in [3.63, 3.8) is 0 Å². The molecule has 0 unspecified atom stereocenters. The fourth-order valence-corrected chi connectivity index (χ4v) is 3.62. The maximum atomic E-state index is 5.04. The van der Waals surface area contributed by atoms with Crippen LogP contribution in [0.3, 0.4) is 0 Å². The molecule has 1 aliphatic rings. The molecule has 0 spiro atoms. The van der Waals surface area contributed by atoms with Crippen molar-refractivity contribution in [2.45, 2.75) is 44.9 Å². The molecule has 1 aliphatic carbocycles. The number of aromatic nitrogens is 2. The first kappa shape index (κ1) is 18.2. The topological polar surface area (TPSA) is 17.8 Å². The summed E-state index contributed by atoms with van der Waals surface area (Å²) in [7, 11) is 0. The quantitative estimate of drug-likeness (QED) is 0.576. The monoisotopic (exact) mass is 344 g/mol. The minimum absolute atomic E-state index is 0.992. The van der Waals surface area contributed by atoms with Gasteiger partial charge in [0.05, 0.1) is 17.1 Å². The van der Waals surface area contributed by atoms with E-state index in [1.807, 2.05) is 24.3 Å². The SMILES string of the molecule is C=C/C=C\C=C(/C=C)n1nc2c(c1-c1ccccc1)CCCCCCC2. The van der Waals surface area contributed by atoms with E-state index >= 15 is 0 Å². The summed E-state index contributed by atoms with van der Waals surface area (Å²) in [4.78, 5) is 0. The van der Waals surface area contributed by atoms with Crippen LogP contribution in [0.25, 0.3) is 17.0 Å². The molecule has 0 saturated heterocycles. The minimum atomic E-state index is 0.992. The molecule has 134 valence electrons. The van der Waals surface area contributed by atoms with Gasteiger partial charge >= 0.3 is 0 Å². The van der Waals surface area contributed by atoms with Gasteiger partial charge in [-0.25, -0.2) is 4.68 Å². The molecule has 1 aromatic heterocycles. The van der Waals surface area contributed by atoms with Gasteiger partial charge in [-0.05, 0) is 37.8 Å². The van der Waals surface area contributed by atoms with Crippen molar-refractivity contribution in [3.8, 4) is 11.3 Å². The standard InChI is InChI=1S/C24H28N2/c1-3-5-10-17-21(4-2)26-24(20-15-11-9-12-16-20)22-18-13-7-6-8-14-19-23(22)25-26/h3-5,9-12,15-17H,1-2,6-8,13-14,18-19H2/b10-5-,21-17+. The molecule has 0 saturated carbocycles. The zero-order chi connectivity index (χ0) is 18.2. The highest BCUT2D eigenvalue weighted by Crippen LogP contribution is 2.32. The van der Waals surface area contributed by atoms with Gasteiger partial charge < -0.3 is 0 Å². The second kappa shape index (κ2) is 9.19. The van der Waals surface area contributed by atoms with Crippen LogP contribution >= 0.6 is 0 Å². The molecule has 2 aromatic rings. The van der Waals surface area contributed by atoms with E-state index in [-0.39, 0.29) is 0 Å². The number of hydrogen-bond acceptors (Lipinski definition) is 1. The van der Waals surface area contributed by atoms with Crippen LogP contribution in [0.2, 0.25) is 0 Å². The second-order valence-electron chi connectivity index (χ2n) is 6.74. The molecule has 0 N–H and O–H groups in total. The van der Waals surface area contributed by atoms with Crippen LogP contribution in [-0.2, 0) is 12.8 Å². The van der Waals surface area contributed by atoms with E-state index in [4.69, 9.17) is 5.10 Å². The summed E-state index contributed by atoms with van der Waals surface area (Å²) in [5, 5.41) is 5.04. The molecule has 0 bridgehead atoms. The van der Waals surface area contributed by atoms with Gasteiger partial charge in [-0.2, -0.15) is 5.10 Å². The summed E-state index contributed by atoms with van der Waals surface area (Å²) in [5.41, 5.74) is 6.11.